The summed E-state index contributed by atoms with van der Waals surface area (Å²) in [5.74, 6) is 1.92. The Morgan fingerprint density at radius 2 is 0.769 bits per heavy atom. The fourth-order valence-electron chi connectivity index (χ4n) is 6.93. The van der Waals surface area contributed by atoms with Gasteiger partial charge in [-0.2, -0.15) is 5.26 Å². The molecule has 242 valence electrons. The van der Waals surface area contributed by atoms with Gasteiger partial charge in [-0.3, -0.25) is 0 Å². The van der Waals surface area contributed by atoms with Crippen molar-refractivity contribution in [2.75, 3.05) is 0 Å². The van der Waals surface area contributed by atoms with Crippen LogP contribution in [0.5, 0.6) is 0 Å². The van der Waals surface area contributed by atoms with Crippen molar-refractivity contribution in [3.63, 3.8) is 0 Å². The summed E-state index contributed by atoms with van der Waals surface area (Å²) in [4.78, 5) is 14.8. The number of aromatic nitrogens is 3. The highest BCUT2D eigenvalue weighted by atomic mass is 15.0. The van der Waals surface area contributed by atoms with Gasteiger partial charge in [0.2, 0.25) is 0 Å². The highest BCUT2D eigenvalue weighted by Crippen LogP contribution is 2.38. The smallest absolute Gasteiger partial charge is 0.164 e. The minimum Gasteiger partial charge on any atom is -0.208 e. The van der Waals surface area contributed by atoms with E-state index in [-0.39, 0.29) is 0 Å². The van der Waals surface area contributed by atoms with Crippen molar-refractivity contribution in [3.8, 4) is 73.6 Å². The van der Waals surface area contributed by atoms with Crippen molar-refractivity contribution in [2.45, 2.75) is 0 Å². The molecular weight excluding hydrogens is 633 g/mol. The molecule has 0 fully saturated rings. The second-order valence-corrected chi connectivity index (χ2v) is 12.8. The molecule has 0 bridgehead atoms. The van der Waals surface area contributed by atoms with E-state index in [2.05, 4.69) is 109 Å². The van der Waals surface area contributed by atoms with Gasteiger partial charge in [-0.1, -0.05) is 152 Å². The quantitative estimate of drug-likeness (QED) is 0.178. The fraction of sp³-hybridized carbons (Fsp3) is 0. The van der Waals surface area contributed by atoms with Crippen LogP contribution in [0.4, 0.5) is 0 Å². The molecule has 4 heteroatoms. The highest BCUT2D eigenvalue weighted by Gasteiger charge is 2.14. The van der Waals surface area contributed by atoms with Gasteiger partial charge in [-0.15, -0.1) is 0 Å². The Bertz CT molecular complexity index is 2740. The molecule has 0 unspecified atom stereocenters. The van der Waals surface area contributed by atoms with Crippen molar-refractivity contribution in [2.24, 2.45) is 0 Å². The van der Waals surface area contributed by atoms with Crippen LogP contribution in [0.2, 0.25) is 0 Å². The van der Waals surface area contributed by atoms with Gasteiger partial charge in [0, 0.05) is 16.7 Å². The minimum absolute atomic E-state index is 0.631. The van der Waals surface area contributed by atoms with Crippen molar-refractivity contribution in [3.05, 3.63) is 188 Å². The van der Waals surface area contributed by atoms with Gasteiger partial charge in [0.05, 0.1) is 11.6 Å². The number of rotatable bonds is 6. The topological polar surface area (TPSA) is 62.5 Å². The van der Waals surface area contributed by atoms with E-state index in [4.69, 9.17) is 15.0 Å². The Morgan fingerprint density at radius 1 is 0.327 bits per heavy atom. The average Bonchev–Trinajstić information content (AvgIpc) is 3.23. The Morgan fingerprint density at radius 3 is 1.37 bits per heavy atom. The minimum atomic E-state index is 0.631. The zero-order chi connectivity index (χ0) is 34.9. The van der Waals surface area contributed by atoms with Crippen LogP contribution in [0.15, 0.2) is 182 Å². The van der Waals surface area contributed by atoms with Crippen molar-refractivity contribution in [1.29, 1.82) is 5.26 Å². The third-order valence-electron chi connectivity index (χ3n) is 9.53. The van der Waals surface area contributed by atoms with Crippen LogP contribution in [0, 0.1) is 11.3 Å². The molecule has 1 heterocycles. The van der Waals surface area contributed by atoms with E-state index in [0.717, 1.165) is 49.7 Å². The summed E-state index contributed by atoms with van der Waals surface area (Å²) in [5.41, 5.74) is 10.3. The number of hydrogen-bond donors (Lipinski definition) is 0. The first kappa shape index (κ1) is 30.8. The summed E-state index contributed by atoms with van der Waals surface area (Å²) in [6.07, 6.45) is 0. The van der Waals surface area contributed by atoms with Gasteiger partial charge in [0.25, 0.3) is 0 Å². The lowest BCUT2D eigenvalue weighted by Crippen LogP contribution is -2.00. The van der Waals surface area contributed by atoms with Crippen LogP contribution in [-0.2, 0) is 0 Å². The lowest BCUT2D eigenvalue weighted by Gasteiger charge is -2.14. The Kier molecular flexibility index (Phi) is 7.85. The summed E-state index contributed by atoms with van der Waals surface area (Å²) in [6, 6.07) is 64.9. The first-order valence-electron chi connectivity index (χ1n) is 17.2. The molecule has 0 saturated carbocycles. The maximum atomic E-state index is 9.34. The number of hydrogen-bond acceptors (Lipinski definition) is 4. The zero-order valence-corrected chi connectivity index (χ0v) is 28.1. The SMILES string of the molecule is N#Cc1ccc2cc(-c3ccc(-c4cccc(-c5cccc(-c6nc(-c7ccccc7)nc(-c7ccccc7)n6)c5)c4)c4ccccc34)ccc2c1. The highest BCUT2D eigenvalue weighted by molar-refractivity contribution is 6.06. The number of benzene rings is 8. The summed E-state index contributed by atoms with van der Waals surface area (Å²) >= 11 is 0. The van der Waals surface area contributed by atoms with E-state index in [9.17, 15) is 5.26 Å². The van der Waals surface area contributed by atoms with E-state index >= 15 is 0 Å². The van der Waals surface area contributed by atoms with Gasteiger partial charge >= 0.3 is 0 Å². The molecule has 0 aliphatic carbocycles. The molecule has 0 radical (unpaired) electrons. The van der Waals surface area contributed by atoms with E-state index in [0.29, 0.717) is 23.0 Å². The van der Waals surface area contributed by atoms with Gasteiger partial charge < -0.3 is 0 Å². The average molecular weight is 663 g/mol. The predicted molar refractivity (Wildman–Crippen MR) is 212 cm³/mol. The lowest BCUT2D eigenvalue weighted by molar-refractivity contribution is 1.07. The predicted octanol–water partition coefficient (Wildman–Crippen LogP) is 12.1. The lowest BCUT2D eigenvalue weighted by atomic mass is 9.90. The van der Waals surface area contributed by atoms with Crippen LogP contribution in [-0.4, -0.2) is 15.0 Å². The molecule has 1 aromatic heterocycles. The van der Waals surface area contributed by atoms with Crippen LogP contribution in [0.3, 0.4) is 0 Å². The molecule has 4 nitrogen and oxygen atoms in total. The maximum Gasteiger partial charge on any atom is 0.164 e. The molecule has 0 spiro atoms. The third-order valence-corrected chi connectivity index (χ3v) is 9.53. The van der Waals surface area contributed by atoms with E-state index in [1.54, 1.807) is 0 Å². The van der Waals surface area contributed by atoms with Crippen molar-refractivity contribution >= 4 is 21.5 Å². The van der Waals surface area contributed by atoms with Crippen LogP contribution < -0.4 is 0 Å². The van der Waals surface area contributed by atoms with Crippen LogP contribution in [0.25, 0.3) is 89.1 Å². The van der Waals surface area contributed by atoms with Gasteiger partial charge in [-0.05, 0) is 85.3 Å². The molecular formula is C48H30N4. The molecule has 0 aliphatic rings. The monoisotopic (exact) mass is 662 g/mol. The number of nitriles is 1. The molecule has 9 rings (SSSR count). The Balaban J connectivity index is 1.10. The first-order chi connectivity index (χ1) is 25.7. The van der Waals surface area contributed by atoms with E-state index < -0.39 is 0 Å². The second-order valence-electron chi connectivity index (χ2n) is 12.8. The normalized spacial score (nSPS) is 11.1. The molecule has 9 aromatic rings. The molecule has 0 aliphatic heterocycles. The molecule has 0 amide bonds. The van der Waals surface area contributed by atoms with E-state index in [1.165, 1.54) is 21.9 Å². The van der Waals surface area contributed by atoms with Crippen LogP contribution >= 0.6 is 0 Å². The summed E-state index contributed by atoms with van der Waals surface area (Å²) in [5, 5.41) is 13.9. The molecule has 0 atom stereocenters. The van der Waals surface area contributed by atoms with Gasteiger partial charge in [-0.25, -0.2) is 15.0 Å². The summed E-state index contributed by atoms with van der Waals surface area (Å²) in [7, 11) is 0. The van der Waals surface area contributed by atoms with Crippen LogP contribution in [0.1, 0.15) is 5.56 Å². The zero-order valence-electron chi connectivity index (χ0n) is 28.1. The number of nitrogens with zero attached hydrogens (tertiary/aromatic N) is 4. The van der Waals surface area contributed by atoms with Gasteiger partial charge in [0.15, 0.2) is 17.5 Å². The van der Waals surface area contributed by atoms with Gasteiger partial charge in [0.1, 0.15) is 0 Å². The number of fused-ring (bicyclic) bond motifs is 2. The molecule has 0 saturated heterocycles. The van der Waals surface area contributed by atoms with Crippen molar-refractivity contribution < 1.29 is 0 Å². The largest absolute Gasteiger partial charge is 0.208 e. The van der Waals surface area contributed by atoms with E-state index in [1.807, 2.05) is 78.9 Å². The maximum absolute atomic E-state index is 9.34. The molecule has 8 aromatic carbocycles. The third kappa shape index (κ3) is 5.87. The second kappa shape index (κ2) is 13.2. The standard InChI is InChI=1S/C48H30N4/c49-31-32-21-22-38-29-40(24-23-37(38)27-32)43-26-25-42(44-19-7-8-20-45(43)44)39-17-9-15-35(28-39)36-16-10-18-41(30-36)48-51-46(33-11-3-1-4-12-33)50-47(52-48)34-13-5-2-6-14-34/h1-30H. The Labute approximate surface area is 302 Å². The molecule has 0 N–H and O–H groups in total. The van der Waals surface area contributed by atoms with Crippen molar-refractivity contribution in [1.82, 2.24) is 15.0 Å². The first-order valence-corrected chi connectivity index (χ1v) is 17.2. The fourth-order valence-corrected chi connectivity index (χ4v) is 6.93. The molecule has 52 heavy (non-hydrogen) atoms. The summed E-state index contributed by atoms with van der Waals surface area (Å²) < 4.78 is 0. The Hall–Kier alpha value is -7.22. The summed E-state index contributed by atoms with van der Waals surface area (Å²) in [6.45, 7) is 0.